The molecule has 404 valence electrons. The van der Waals surface area contributed by atoms with Gasteiger partial charge in [-0.3, -0.25) is 14.1 Å². The summed E-state index contributed by atoms with van der Waals surface area (Å²) in [4.78, 5) is 105. The zero-order valence-corrected chi connectivity index (χ0v) is 43.7. The Morgan fingerprint density at radius 1 is 0.636 bits per heavy atom. The second-order valence-electron chi connectivity index (χ2n) is 18.2. The van der Waals surface area contributed by atoms with Crippen molar-refractivity contribution >= 4 is 84.5 Å². The summed E-state index contributed by atoms with van der Waals surface area (Å²) < 4.78 is 58.5. The summed E-state index contributed by atoms with van der Waals surface area (Å²) in [6.07, 6.45) is 3.28. The van der Waals surface area contributed by atoms with E-state index in [1.54, 1.807) is 60.7 Å². The number of fused-ring (bicyclic) bond motifs is 4. The number of benzene rings is 4. The predicted octanol–water partition coefficient (Wildman–Crippen LogP) is 8.21. The van der Waals surface area contributed by atoms with Gasteiger partial charge in [0.2, 0.25) is 11.8 Å². The molecule has 23 heteroatoms. The van der Waals surface area contributed by atoms with Crippen molar-refractivity contribution in [2.45, 2.75) is 79.2 Å². The van der Waals surface area contributed by atoms with Crippen LogP contribution in [-0.4, -0.2) is 95.6 Å². The number of hydrogen-bond acceptors (Lipinski definition) is 18. The molecule has 3 amide bonds. The summed E-state index contributed by atoms with van der Waals surface area (Å²) in [5, 5.41) is 7.11. The molecule has 0 fully saturated rings. The van der Waals surface area contributed by atoms with Crippen LogP contribution in [0.4, 0.5) is 4.79 Å². The first-order valence-corrected chi connectivity index (χ1v) is 25.6. The standard InChI is InChI=1S/C28H31N3O6.C24H24N2O7S.2CO2/c1-17-8-9-18-15-20(26(33)36-23(18)14-17)25-31-21-16-19(10-11-22(21)35-25)24(32)29-12-6-5-7-13-30-27(34)37-28(2,3)4;1-3-9-26(10-4-11-34(29,30)31)23(27)17-7-8-20-19(14-17)25-22(32-20)18-13-16-6-5-15(2)12-21(16)33-24(18)28;2*2-1-3/h8-11,14-16H,5-7,12-13H2,1-4H3,(H,29,32)(H,30,34);5-8,12-14H,3-4,9-11H2,1-2H3,(H,29,30,31);;. The van der Waals surface area contributed by atoms with Crippen molar-refractivity contribution in [3.8, 4) is 22.9 Å². The van der Waals surface area contributed by atoms with Crippen LogP contribution in [0.25, 0.3) is 67.0 Å². The quantitative estimate of drug-likeness (QED) is 0.0466. The SMILES string of the molecule is CCCN(CCCS(=O)(=O)O)C(=O)c1ccc2oc(-c3cc4ccc(C)cc4oc3=O)nc2c1.Cc1ccc2cc(-c3nc4cc(C(=O)NCCCCCNC(=O)OC(C)(C)C)ccc4o3)c(=O)oc2c1.O=C=O.O=C=O. The number of hydrogen-bond donors (Lipinski definition) is 3. The Kier molecular flexibility index (Phi) is 20.7. The van der Waals surface area contributed by atoms with Crippen molar-refractivity contribution < 1.29 is 68.9 Å². The topological polar surface area (TPSA) is 323 Å². The van der Waals surface area contributed by atoms with Gasteiger partial charge in [-0.15, -0.1) is 0 Å². The molecule has 4 heterocycles. The number of nitrogens with zero attached hydrogens (tertiary/aromatic N) is 3. The fourth-order valence-corrected chi connectivity index (χ4v) is 8.03. The number of aromatic nitrogens is 2. The minimum atomic E-state index is -4.09. The van der Waals surface area contributed by atoms with Gasteiger partial charge >= 0.3 is 29.6 Å². The first kappa shape index (κ1) is 59.0. The fourth-order valence-electron chi connectivity index (χ4n) is 7.54. The number of amides is 3. The highest BCUT2D eigenvalue weighted by molar-refractivity contribution is 7.85. The number of aryl methyl sites for hydroxylation is 2. The maximum absolute atomic E-state index is 13.0. The van der Waals surface area contributed by atoms with Crippen molar-refractivity contribution in [2.75, 3.05) is 31.9 Å². The molecule has 0 saturated carbocycles. The summed E-state index contributed by atoms with van der Waals surface area (Å²) in [5.74, 6) is -0.693. The van der Waals surface area contributed by atoms with E-state index in [0.717, 1.165) is 41.2 Å². The predicted molar refractivity (Wildman–Crippen MR) is 278 cm³/mol. The lowest BCUT2D eigenvalue weighted by Gasteiger charge is -2.22. The first-order chi connectivity index (χ1) is 36.6. The molecule has 0 aliphatic carbocycles. The number of oxazole rings is 2. The molecule has 0 bridgehead atoms. The van der Waals surface area contributed by atoms with Crippen LogP contribution in [0.3, 0.4) is 0 Å². The van der Waals surface area contributed by atoms with Crippen LogP contribution in [0, 0.1) is 13.8 Å². The van der Waals surface area contributed by atoms with E-state index in [1.807, 2.05) is 65.8 Å². The number of carbonyl (C=O) groups is 3. The van der Waals surface area contributed by atoms with Crippen LogP contribution >= 0.6 is 0 Å². The lowest BCUT2D eigenvalue weighted by Crippen LogP contribution is -2.33. The Labute approximate surface area is 439 Å². The van der Waals surface area contributed by atoms with E-state index in [-0.39, 0.29) is 60.0 Å². The molecule has 0 atom stereocenters. The Hall–Kier alpha value is -8.88. The average molecular weight is 1080 g/mol. The van der Waals surface area contributed by atoms with Gasteiger partial charge in [-0.2, -0.15) is 27.6 Å². The van der Waals surface area contributed by atoms with Gasteiger partial charge in [-0.1, -0.05) is 31.2 Å². The largest absolute Gasteiger partial charge is 0.444 e. The normalized spacial score (nSPS) is 11.0. The zero-order chi connectivity index (χ0) is 56.5. The van der Waals surface area contributed by atoms with E-state index in [0.29, 0.717) is 70.5 Å². The summed E-state index contributed by atoms with van der Waals surface area (Å²) in [6, 6.07) is 24.2. The van der Waals surface area contributed by atoms with E-state index in [4.69, 9.17) is 46.1 Å². The van der Waals surface area contributed by atoms with Crippen molar-refractivity contribution in [2.24, 2.45) is 0 Å². The monoisotopic (exact) mass is 1080 g/mol. The van der Waals surface area contributed by atoms with Gasteiger partial charge in [0.05, 0.1) is 5.75 Å². The average Bonchev–Trinajstić information content (AvgIpc) is 4.01. The van der Waals surface area contributed by atoms with Gasteiger partial charge in [-0.05, 0) is 139 Å². The van der Waals surface area contributed by atoms with Gasteiger partial charge in [0.1, 0.15) is 38.9 Å². The summed E-state index contributed by atoms with van der Waals surface area (Å²) >= 11 is 0. The Bertz CT molecular complexity index is 3700. The van der Waals surface area contributed by atoms with Crippen LogP contribution in [0.15, 0.2) is 112 Å². The van der Waals surface area contributed by atoms with Crippen molar-refractivity contribution in [3.63, 3.8) is 0 Å². The minimum absolute atomic E-state index is 0.0920. The molecule has 8 aromatic rings. The lowest BCUT2D eigenvalue weighted by molar-refractivity contribution is -0.193. The van der Waals surface area contributed by atoms with Gasteiger partial charge in [0.15, 0.2) is 11.2 Å². The van der Waals surface area contributed by atoms with E-state index in [1.165, 1.54) is 4.90 Å². The van der Waals surface area contributed by atoms with Crippen molar-refractivity contribution in [1.29, 1.82) is 0 Å². The Morgan fingerprint density at radius 2 is 1.12 bits per heavy atom. The fraction of sp³-hybridized carbons (Fsp3) is 0.315. The molecule has 8 rings (SSSR count). The molecule has 0 aliphatic rings. The summed E-state index contributed by atoms with van der Waals surface area (Å²) in [5.41, 5.74) is 4.25. The molecule has 4 aromatic carbocycles. The smallest absolute Gasteiger partial charge is 0.407 e. The molecular formula is C54H55N5O17S. The van der Waals surface area contributed by atoms with E-state index in [2.05, 4.69) is 20.6 Å². The molecule has 22 nitrogen and oxygen atoms in total. The molecule has 0 radical (unpaired) electrons. The van der Waals surface area contributed by atoms with Crippen molar-refractivity contribution in [1.82, 2.24) is 25.5 Å². The van der Waals surface area contributed by atoms with Crippen molar-refractivity contribution in [3.05, 3.63) is 128 Å². The lowest BCUT2D eigenvalue weighted by atomic mass is 10.1. The van der Waals surface area contributed by atoms with E-state index < -0.39 is 38.8 Å². The number of rotatable bonds is 16. The second-order valence-corrected chi connectivity index (χ2v) is 19.8. The molecule has 77 heavy (non-hydrogen) atoms. The Morgan fingerprint density at radius 3 is 1.60 bits per heavy atom. The van der Waals surface area contributed by atoms with Crippen LogP contribution < -0.4 is 21.9 Å². The van der Waals surface area contributed by atoms with Gasteiger partial charge in [-0.25, -0.2) is 24.4 Å². The van der Waals surface area contributed by atoms with Crippen LogP contribution in [0.2, 0.25) is 0 Å². The number of ether oxygens (including phenoxy) is 1. The van der Waals surface area contributed by atoms with E-state index in [9.17, 15) is 32.4 Å². The highest BCUT2D eigenvalue weighted by Gasteiger charge is 2.21. The maximum atomic E-state index is 13.0. The third-order valence-corrected chi connectivity index (χ3v) is 11.8. The molecule has 0 saturated heterocycles. The van der Waals surface area contributed by atoms with Gasteiger partial charge in [0.25, 0.3) is 21.9 Å². The van der Waals surface area contributed by atoms with Crippen LogP contribution in [0.5, 0.6) is 0 Å². The maximum Gasteiger partial charge on any atom is 0.407 e. The third-order valence-electron chi connectivity index (χ3n) is 10.9. The molecule has 3 N–H and O–H groups in total. The minimum Gasteiger partial charge on any atom is -0.444 e. The number of nitrogens with one attached hydrogen (secondary N) is 2. The molecule has 0 aliphatic heterocycles. The van der Waals surface area contributed by atoms with Crippen LogP contribution in [-0.2, 0) is 34.0 Å². The van der Waals surface area contributed by atoms with Crippen LogP contribution in [0.1, 0.15) is 91.6 Å². The Balaban J connectivity index is 0.000000258. The summed E-state index contributed by atoms with van der Waals surface area (Å²) in [6.45, 7) is 12.8. The highest BCUT2D eigenvalue weighted by atomic mass is 32.2. The van der Waals surface area contributed by atoms with Gasteiger partial charge < -0.3 is 37.9 Å². The molecule has 0 unspecified atom stereocenters. The molecular weight excluding hydrogens is 1020 g/mol. The zero-order valence-electron chi connectivity index (χ0n) is 42.9. The highest BCUT2D eigenvalue weighted by Crippen LogP contribution is 2.28. The molecule has 0 spiro atoms. The first-order valence-electron chi connectivity index (χ1n) is 24.0. The second kappa shape index (κ2) is 27.1. The summed E-state index contributed by atoms with van der Waals surface area (Å²) in [7, 11) is -4.09. The molecule has 4 aromatic heterocycles. The third kappa shape index (κ3) is 17.3. The number of carbonyl (C=O) groups excluding carboxylic acids is 7. The van der Waals surface area contributed by atoms with Gasteiger partial charge in [0, 0.05) is 48.1 Å². The number of unbranched alkanes of at least 4 members (excludes halogenated alkanes) is 2. The van der Waals surface area contributed by atoms with E-state index >= 15 is 0 Å². The number of alkyl carbamates (subject to hydrolysis) is 1.